The molecule has 0 bridgehead atoms. The lowest BCUT2D eigenvalue weighted by Gasteiger charge is -2.32. The van der Waals surface area contributed by atoms with Gasteiger partial charge in [-0.15, -0.1) is 0 Å². The minimum absolute atomic E-state index is 0.122. The first-order valence-electron chi connectivity index (χ1n) is 10.3. The van der Waals surface area contributed by atoms with Crippen LogP contribution in [-0.4, -0.2) is 65.1 Å². The minimum Gasteiger partial charge on any atom is -0.314 e. The van der Waals surface area contributed by atoms with Crippen molar-refractivity contribution in [1.29, 1.82) is 0 Å². The first-order valence-corrected chi connectivity index (χ1v) is 10.3. The summed E-state index contributed by atoms with van der Waals surface area (Å²) in [4.78, 5) is 53.0. The zero-order valence-corrected chi connectivity index (χ0v) is 16.6. The molecule has 3 aliphatic heterocycles. The number of nitrogens with one attached hydrogen (secondary N) is 2. The third-order valence-corrected chi connectivity index (χ3v) is 6.03. The molecule has 4 rings (SSSR count). The maximum atomic E-state index is 13.1. The smallest absolute Gasteiger partial charge is 0.262 e. The van der Waals surface area contributed by atoms with Gasteiger partial charge in [-0.25, -0.2) is 0 Å². The van der Waals surface area contributed by atoms with E-state index in [-0.39, 0.29) is 18.7 Å². The van der Waals surface area contributed by atoms with Gasteiger partial charge in [-0.05, 0) is 50.5 Å². The lowest BCUT2D eigenvalue weighted by atomic mass is 10.00. The molecule has 0 radical (unpaired) electrons. The summed E-state index contributed by atoms with van der Waals surface area (Å²) in [5.41, 5.74) is 1.56. The maximum absolute atomic E-state index is 13.1. The number of likely N-dealkylation sites (tertiary alicyclic amines) is 1. The summed E-state index contributed by atoms with van der Waals surface area (Å²) in [5.74, 6) is -1.84. The van der Waals surface area contributed by atoms with Crippen molar-refractivity contribution in [2.24, 2.45) is 0 Å². The summed E-state index contributed by atoms with van der Waals surface area (Å²) in [6.07, 6.45) is 2.40. The van der Waals surface area contributed by atoms with Crippen LogP contribution in [0.1, 0.15) is 58.9 Å². The number of amides is 4. The number of rotatable bonds is 5. The quantitative estimate of drug-likeness (QED) is 0.707. The predicted molar refractivity (Wildman–Crippen MR) is 105 cm³/mol. The zero-order valence-electron chi connectivity index (χ0n) is 16.6. The van der Waals surface area contributed by atoms with Crippen molar-refractivity contribution in [2.45, 2.75) is 51.2 Å². The summed E-state index contributed by atoms with van der Waals surface area (Å²) >= 11 is 0. The Labute approximate surface area is 169 Å². The maximum Gasteiger partial charge on any atom is 0.262 e. The topological polar surface area (TPSA) is 98.8 Å². The van der Waals surface area contributed by atoms with Crippen LogP contribution in [-0.2, 0) is 16.1 Å². The standard InChI is InChI=1S/C21H26N4O4/c1-2-22-14-8-10-24(11-9-14)12-13-4-3-5-15-18(13)21(29)25(20(15)28)16-6-7-17(26)23-19(16)27/h3-5,14,16,22H,2,6-12H2,1H3,(H,23,26,27). The third kappa shape index (κ3) is 3.70. The van der Waals surface area contributed by atoms with Gasteiger partial charge in [0.2, 0.25) is 11.8 Å². The summed E-state index contributed by atoms with van der Waals surface area (Å²) in [7, 11) is 0. The van der Waals surface area contributed by atoms with Gasteiger partial charge in [0, 0.05) is 19.0 Å². The molecule has 1 unspecified atom stereocenters. The highest BCUT2D eigenvalue weighted by Gasteiger charge is 2.45. The SMILES string of the molecule is CCNC1CCN(Cc2cccc3c2C(=O)N(C2CCC(=O)NC2=O)C3=O)CC1. The molecule has 3 heterocycles. The molecule has 29 heavy (non-hydrogen) atoms. The first-order chi connectivity index (χ1) is 14.0. The fraction of sp³-hybridized carbons (Fsp3) is 0.524. The van der Waals surface area contributed by atoms with E-state index in [1.807, 2.05) is 6.07 Å². The van der Waals surface area contributed by atoms with Gasteiger partial charge < -0.3 is 5.32 Å². The Balaban J connectivity index is 1.52. The zero-order chi connectivity index (χ0) is 20.5. The van der Waals surface area contributed by atoms with Gasteiger partial charge in [0.05, 0.1) is 11.1 Å². The van der Waals surface area contributed by atoms with Crippen molar-refractivity contribution in [2.75, 3.05) is 19.6 Å². The summed E-state index contributed by atoms with van der Waals surface area (Å²) in [6, 6.07) is 4.92. The Morgan fingerprint density at radius 2 is 1.83 bits per heavy atom. The van der Waals surface area contributed by atoms with Crippen molar-refractivity contribution in [3.8, 4) is 0 Å². The molecule has 4 amide bonds. The average Bonchev–Trinajstić information content (AvgIpc) is 2.95. The van der Waals surface area contributed by atoms with Crippen LogP contribution in [0.5, 0.6) is 0 Å². The monoisotopic (exact) mass is 398 g/mol. The molecule has 0 aliphatic carbocycles. The number of nitrogens with zero attached hydrogens (tertiary/aromatic N) is 2. The Morgan fingerprint density at radius 3 is 2.52 bits per heavy atom. The first kappa shape index (κ1) is 19.7. The van der Waals surface area contributed by atoms with Crippen LogP contribution in [0.3, 0.4) is 0 Å². The molecule has 1 aromatic carbocycles. The van der Waals surface area contributed by atoms with Crippen LogP contribution < -0.4 is 10.6 Å². The van der Waals surface area contributed by atoms with Gasteiger partial charge in [0.1, 0.15) is 6.04 Å². The highest BCUT2D eigenvalue weighted by Crippen LogP contribution is 2.30. The van der Waals surface area contributed by atoms with Crippen LogP contribution in [0.15, 0.2) is 18.2 Å². The lowest BCUT2D eigenvalue weighted by molar-refractivity contribution is -0.136. The van der Waals surface area contributed by atoms with E-state index >= 15 is 0 Å². The van der Waals surface area contributed by atoms with Gasteiger partial charge in [0.25, 0.3) is 11.8 Å². The van der Waals surface area contributed by atoms with E-state index in [0.29, 0.717) is 23.7 Å². The van der Waals surface area contributed by atoms with Gasteiger partial charge in [-0.2, -0.15) is 0 Å². The Bertz CT molecular complexity index is 860. The average molecular weight is 398 g/mol. The fourth-order valence-electron chi connectivity index (χ4n) is 4.54. The Morgan fingerprint density at radius 1 is 1.07 bits per heavy atom. The predicted octanol–water partition coefficient (Wildman–Crippen LogP) is 0.662. The second kappa shape index (κ2) is 8.04. The normalized spacial score (nSPS) is 23.5. The molecule has 0 aromatic heterocycles. The van der Waals surface area contributed by atoms with Crippen molar-refractivity contribution in [1.82, 2.24) is 20.4 Å². The molecule has 0 saturated carbocycles. The number of hydrogen-bond acceptors (Lipinski definition) is 6. The van der Waals surface area contributed by atoms with Crippen LogP contribution >= 0.6 is 0 Å². The Kier molecular flexibility index (Phi) is 5.47. The largest absolute Gasteiger partial charge is 0.314 e. The van der Waals surface area contributed by atoms with Gasteiger partial charge in [-0.3, -0.25) is 34.3 Å². The second-order valence-corrected chi connectivity index (χ2v) is 7.90. The molecule has 1 atom stereocenters. The van der Waals surface area contributed by atoms with Crippen molar-refractivity contribution in [3.63, 3.8) is 0 Å². The highest BCUT2D eigenvalue weighted by molar-refractivity contribution is 6.24. The van der Waals surface area contributed by atoms with Gasteiger partial charge >= 0.3 is 0 Å². The molecule has 0 spiro atoms. The highest BCUT2D eigenvalue weighted by atomic mass is 16.2. The lowest BCUT2D eigenvalue weighted by Crippen LogP contribution is -2.54. The molecule has 2 N–H and O–H groups in total. The number of benzene rings is 1. The number of carbonyl (C=O) groups excluding carboxylic acids is 4. The van der Waals surface area contributed by atoms with E-state index < -0.39 is 23.8 Å². The van der Waals surface area contributed by atoms with E-state index in [0.717, 1.165) is 42.9 Å². The van der Waals surface area contributed by atoms with Crippen LogP contribution in [0.4, 0.5) is 0 Å². The number of hydrogen-bond donors (Lipinski definition) is 2. The molecule has 1 aromatic rings. The van der Waals surface area contributed by atoms with Gasteiger partial charge in [0.15, 0.2) is 0 Å². The summed E-state index contributed by atoms with van der Waals surface area (Å²) in [5, 5.41) is 5.71. The van der Waals surface area contributed by atoms with E-state index in [4.69, 9.17) is 0 Å². The molecule has 8 nitrogen and oxygen atoms in total. The van der Waals surface area contributed by atoms with E-state index in [1.54, 1.807) is 12.1 Å². The van der Waals surface area contributed by atoms with E-state index in [9.17, 15) is 19.2 Å². The van der Waals surface area contributed by atoms with Crippen molar-refractivity contribution < 1.29 is 19.2 Å². The van der Waals surface area contributed by atoms with Crippen LogP contribution in [0, 0.1) is 0 Å². The van der Waals surface area contributed by atoms with Crippen molar-refractivity contribution in [3.05, 3.63) is 34.9 Å². The van der Waals surface area contributed by atoms with Crippen LogP contribution in [0.25, 0.3) is 0 Å². The van der Waals surface area contributed by atoms with E-state index in [2.05, 4.69) is 22.5 Å². The number of fused-ring (bicyclic) bond motifs is 1. The number of carbonyl (C=O) groups is 4. The molecule has 154 valence electrons. The fourth-order valence-corrected chi connectivity index (χ4v) is 4.54. The minimum atomic E-state index is -0.927. The summed E-state index contributed by atoms with van der Waals surface area (Å²) < 4.78 is 0. The van der Waals surface area contributed by atoms with Crippen LogP contribution in [0.2, 0.25) is 0 Å². The molecule has 2 saturated heterocycles. The third-order valence-electron chi connectivity index (χ3n) is 6.03. The van der Waals surface area contributed by atoms with Crippen molar-refractivity contribution >= 4 is 23.6 Å². The second-order valence-electron chi connectivity index (χ2n) is 7.90. The summed E-state index contributed by atoms with van der Waals surface area (Å²) in [6.45, 7) is 5.53. The number of imide groups is 2. The molecular formula is C21H26N4O4. The molecule has 3 aliphatic rings. The molecule has 8 heteroatoms. The van der Waals surface area contributed by atoms with E-state index in [1.165, 1.54) is 0 Å². The molecular weight excluding hydrogens is 372 g/mol. The Hall–Kier alpha value is -2.58. The number of piperidine rings is 2. The van der Waals surface area contributed by atoms with Gasteiger partial charge in [-0.1, -0.05) is 19.1 Å². The molecule has 2 fully saturated rings.